The van der Waals surface area contributed by atoms with E-state index in [4.69, 9.17) is 0 Å². The van der Waals surface area contributed by atoms with Gasteiger partial charge in [0.05, 0.1) is 0 Å². The van der Waals surface area contributed by atoms with Crippen LogP contribution in [0.2, 0.25) is 0 Å². The molecule has 1 atom stereocenters. The molecule has 1 N–H and O–H groups in total. The van der Waals surface area contributed by atoms with Gasteiger partial charge >= 0.3 is 0 Å². The number of carbonyl (C=O) groups is 1. The van der Waals surface area contributed by atoms with Gasteiger partial charge in [0.2, 0.25) is 5.91 Å². The zero-order valence-corrected chi connectivity index (χ0v) is 8.15. The van der Waals surface area contributed by atoms with E-state index in [0.717, 1.165) is 19.3 Å². The number of amides is 1. The zero-order chi connectivity index (χ0) is 8.97. The monoisotopic (exact) mass is 189 g/mol. The molecule has 0 radical (unpaired) electrons. The quantitative estimate of drug-likeness (QED) is 0.631. The van der Waals surface area contributed by atoms with Gasteiger partial charge in [-0.15, -0.1) is 0 Å². The number of hydrogen-bond donors (Lipinski definition) is 1. The molecule has 1 amide bonds. The van der Waals surface area contributed by atoms with E-state index in [9.17, 15) is 9.00 Å². The minimum Gasteiger partial charge on any atom is -0.356 e. The van der Waals surface area contributed by atoms with Crippen molar-refractivity contribution in [1.29, 1.82) is 0 Å². The summed E-state index contributed by atoms with van der Waals surface area (Å²) in [5.74, 6) is 1.15. The van der Waals surface area contributed by atoms with Crippen molar-refractivity contribution in [1.82, 2.24) is 5.32 Å². The first-order valence-electron chi connectivity index (χ1n) is 4.28. The van der Waals surface area contributed by atoms with Crippen molar-refractivity contribution in [2.24, 2.45) is 5.92 Å². The summed E-state index contributed by atoms with van der Waals surface area (Å²) < 4.78 is 10.6. The number of carbonyl (C=O) groups excluding carboxylic acids is 1. The first-order chi connectivity index (χ1) is 5.70. The Kier molecular flexibility index (Phi) is 3.72. The molecule has 3 nitrogen and oxygen atoms in total. The average molecular weight is 189 g/mol. The molecule has 1 rings (SSSR count). The van der Waals surface area contributed by atoms with Crippen molar-refractivity contribution < 1.29 is 9.00 Å². The third kappa shape index (κ3) is 3.85. The number of nitrogens with one attached hydrogen (secondary N) is 1. The summed E-state index contributed by atoms with van der Waals surface area (Å²) in [4.78, 5) is 11.1. The van der Waals surface area contributed by atoms with Gasteiger partial charge in [-0.3, -0.25) is 9.00 Å². The molecule has 70 valence electrons. The maximum absolute atomic E-state index is 11.1. The molecule has 0 aliphatic heterocycles. The summed E-state index contributed by atoms with van der Waals surface area (Å²) in [6, 6.07) is 0. The van der Waals surface area contributed by atoms with Crippen molar-refractivity contribution in [2.45, 2.75) is 19.3 Å². The van der Waals surface area contributed by atoms with E-state index < -0.39 is 10.8 Å². The third-order valence-electron chi connectivity index (χ3n) is 1.86. The summed E-state index contributed by atoms with van der Waals surface area (Å²) in [7, 11) is -0.727. The van der Waals surface area contributed by atoms with E-state index in [0.29, 0.717) is 12.3 Å². The Hall–Kier alpha value is -0.380. The van der Waals surface area contributed by atoms with Gasteiger partial charge in [-0.2, -0.15) is 0 Å². The fourth-order valence-corrected chi connectivity index (χ4v) is 1.53. The SMILES string of the molecule is CS(=O)CCCNC(=O)C1CC1. The maximum Gasteiger partial charge on any atom is 0.223 e. The molecule has 0 bridgehead atoms. The predicted molar refractivity (Wildman–Crippen MR) is 49.3 cm³/mol. The summed E-state index contributed by atoms with van der Waals surface area (Å²) in [6.07, 6.45) is 4.60. The number of rotatable bonds is 5. The Labute approximate surface area is 75.4 Å². The first-order valence-corrected chi connectivity index (χ1v) is 6.00. The summed E-state index contributed by atoms with van der Waals surface area (Å²) in [5.41, 5.74) is 0. The largest absolute Gasteiger partial charge is 0.356 e. The van der Waals surface area contributed by atoms with Gasteiger partial charge in [0.15, 0.2) is 0 Å². The first kappa shape index (κ1) is 9.71. The third-order valence-corrected chi connectivity index (χ3v) is 2.72. The van der Waals surface area contributed by atoms with Crippen LogP contribution < -0.4 is 5.32 Å². The lowest BCUT2D eigenvalue weighted by Crippen LogP contribution is -2.26. The Balaban J connectivity index is 1.94. The van der Waals surface area contributed by atoms with Crippen molar-refractivity contribution in [3.8, 4) is 0 Å². The normalized spacial score (nSPS) is 18.8. The van der Waals surface area contributed by atoms with Gasteiger partial charge in [0.25, 0.3) is 0 Å². The van der Waals surface area contributed by atoms with Gasteiger partial charge < -0.3 is 5.32 Å². The second-order valence-electron chi connectivity index (χ2n) is 3.20. The van der Waals surface area contributed by atoms with E-state index in [1.807, 2.05) is 0 Å². The van der Waals surface area contributed by atoms with E-state index in [1.165, 1.54) is 0 Å². The predicted octanol–water partition coefficient (Wildman–Crippen LogP) is 0.281. The minimum absolute atomic E-state index is 0.178. The molecule has 0 spiro atoms. The van der Waals surface area contributed by atoms with Crippen molar-refractivity contribution in [3.63, 3.8) is 0 Å². The molecule has 0 aromatic heterocycles. The lowest BCUT2D eigenvalue weighted by molar-refractivity contribution is -0.122. The Morgan fingerprint density at radius 1 is 1.58 bits per heavy atom. The highest BCUT2D eigenvalue weighted by atomic mass is 32.2. The van der Waals surface area contributed by atoms with Crippen LogP contribution in [0.5, 0.6) is 0 Å². The van der Waals surface area contributed by atoms with Gasteiger partial charge in [-0.05, 0) is 19.3 Å². The van der Waals surface area contributed by atoms with Gasteiger partial charge in [-0.1, -0.05) is 0 Å². The van der Waals surface area contributed by atoms with Crippen molar-refractivity contribution in [3.05, 3.63) is 0 Å². The molecule has 0 heterocycles. The fourth-order valence-electron chi connectivity index (χ4n) is 0.977. The van der Waals surface area contributed by atoms with Gasteiger partial charge in [0.1, 0.15) is 0 Å². The summed E-state index contributed by atoms with van der Waals surface area (Å²) >= 11 is 0. The van der Waals surface area contributed by atoms with Crippen LogP contribution in [-0.4, -0.2) is 28.7 Å². The molecule has 0 saturated heterocycles. The molecule has 1 unspecified atom stereocenters. The standard InChI is InChI=1S/C8H15NO2S/c1-12(11)6-2-5-9-8(10)7-3-4-7/h7H,2-6H2,1H3,(H,9,10). The van der Waals surface area contributed by atoms with Crippen LogP contribution in [0.1, 0.15) is 19.3 Å². The molecular weight excluding hydrogens is 174 g/mol. The smallest absolute Gasteiger partial charge is 0.223 e. The molecule has 4 heteroatoms. The fraction of sp³-hybridized carbons (Fsp3) is 0.875. The van der Waals surface area contributed by atoms with Gasteiger partial charge in [-0.25, -0.2) is 0 Å². The van der Waals surface area contributed by atoms with Crippen LogP contribution in [0.15, 0.2) is 0 Å². The Morgan fingerprint density at radius 3 is 2.75 bits per heavy atom. The molecule has 1 fully saturated rings. The number of hydrogen-bond acceptors (Lipinski definition) is 2. The van der Waals surface area contributed by atoms with E-state index in [2.05, 4.69) is 5.32 Å². The molecule has 1 saturated carbocycles. The van der Waals surface area contributed by atoms with Crippen LogP contribution in [0.3, 0.4) is 0 Å². The second kappa shape index (κ2) is 4.60. The molecule has 0 aromatic carbocycles. The Morgan fingerprint density at radius 2 is 2.25 bits per heavy atom. The van der Waals surface area contributed by atoms with Crippen LogP contribution in [-0.2, 0) is 15.6 Å². The highest BCUT2D eigenvalue weighted by molar-refractivity contribution is 7.84. The van der Waals surface area contributed by atoms with Crippen LogP contribution in [0, 0.1) is 5.92 Å². The molecule has 1 aliphatic rings. The topological polar surface area (TPSA) is 46.2 Å². The summed E-state index contributed by atoms with van der Waals surface area (Å²) in [5, 5.41) is 2.83. The lowest BCUT2D eigenvalue weighted by Gasteiger charge is -2.01. The zero-order valence-electron chi connectivity index (χ0n) is 7.34. The van der Waals surface area contributed by atoms with Crippen LogP contribution >= 0.6 is 0 Å². The maximum atomic E-state index is 11.1. The van der Waals surface area contributed by atoms with Crippen molar-refractivity contribution >= 4 is 16.7 Å². The molecule has 12 heavy (non-hydrogen) atoms. The minimum atomic E-state index is -0.727. The highest BCUT2D eigenvalue weighted by Crippen LogP contribution is 2.28. The molecule has 1 aliphatic carbocycles. The summed E-state index contributed by atoms with van der Waals surface area (Å²) in [6.45, 7) is 0.676. The lowest BCUT2D eigenvalue weighted by atomic mass is 10.4. The Bertz CT molecular complexity index is 189. The molecular formula is C8H15NO2S. The van der Waals surface area contributed by atoms with Crippen LogP contribution in [0.25, 0.3) is 0 Å². The van der Waals surface area contributed by atoms with Gasteiger partial charge in [0, 0.05) is 35.3 Å². The van der Waals surface area contributed by atoms with Crippen LogP contribution in [0.4, 0.5) is 0 Å². The molecule has 0 aromatic rings. The highest BCUT2D eigenvalue weighted by Gasteiger charge is 2.28. The van der Waals surface area contributed by atoms with E-state index >= 15 is 0 Å². The second-order valence-corrected chi connectivity index (χ2v) is 4.75. The van der Waals surface area contributed by atoms with Crippen molar-refractivity contribution in [2.75, 3.05) is 18.6 Å². The average Bonchev–Trinajstić information content (AvgIpc) is 2.79. The van der Waals surface area contributed by atoms with E-state index in [1.54, 1.807) is 6.26 Å². The van der Waals surface area contributed by atoms with E-state index in [-0.39, 0.29) is 11.8 Å².